The van der Waals surface area contributed by atoms with Gasteiger partial charge >= 0.3 is 0 Å². The number of hydrogen-bond donors (Lipinski definition) is 1. The van der Waals surface area contributed by atoms with Crippen molar-refractivity contribution >= 4 is 34.8 Å². The third-order valence-corrected chi connectivity index (χ3v) is 3.80. The summed E-state index contributed by atoms with van der Waals surface area (Å²) >= 11 is 17.9. The second-order valence-corrected chi connectivity index (χ2v) is 5.42. The molecule has 0 aromatic carbocycles. The molecule has 2 rings (SSSR count). The summed E-state index contributed by atoms with van der Waals surface area (Å²) in [6.45, 7) is 1.84. The molecule has 0 spiro atoms. The first-order valence-electron chi connectivity index (χ1n) is 5.57. The number of aryl methyl sites for hydroxylation is 2. The smallest absolute Gasteiger partial charge is 0.130 e. The fourth-order valence-corrected chi connectivity index (χ4v) is 2.62. The highest BCUT2D eigenvalue weighted by molar-refractivity contribution is 6.34. The topological polar surface area (TPSA) is 50.9 Å². The molecule has 0 aliphatic heterocycles. The standard InChI is InChI=1S/C12H12Cl3N3O/c1-6-8(12(15)18(2)17-6)4-10(19)11-9(14)3-7(13)5-16-11/h3,5,10,19H,4H2,1-2H3. The van der Waals surface area contributed by atoms with Crippen LogP contribution in [-0.4, -0.2) is 19.9 Å². The van der Waals surface area contributed by atoms with Crippen molar-refractivity contribution in [1.82, 2.24) is 14.8 Å². The molecule has 0 saturated carbocycles. The van der Waals surface area contributed by atoms with Crippen LogP contribution in [0.1, 0.15) is 23.1 Å². The van der Waals surface area contributed by atoms with Crippen molar-refractivity contribution in [3.63, 3.8) is 0 Å². The molecule has 0 radical (unpaired) electrons. The number of aromatic nitrogens is 3. The van der Waals surface area contributed by atoms with Gasteiger partial charge < -0.3 is 5.11 Å². The van der Waals surface area contributed by atoms with Crippen LogP contribution in [0.5, 0.6) is 0 Å². The van der Waals surface area contributed by atoms with Crippen molar-refractivity contribution in [2.24, 2.45) is 7.05 Å². The summed E-state index contributed by atoms with van der Waals surface area (Å²) < 4.78 is 1.57. The van der Waals surface area contributed by atoms with Gasteiger partial charge in [0.25, 0.3) is 0 Å². The summed E-state index contributed by atoms with van der Waals surface area (Å²) in [5.74, 6) is 0. The van der Waals surface area contributed by atoms with Gasteiger partial charge in [0.05, 0.1) is 21.4 Å². The van der Waals surface area contributed by atoms with Gasteiger partial charge in [0, 0.05) is 25.2 Å². The number of hydrogen-bond acceptors (Lipinski definition) is 3. The van der Waals surface area contributed by atoms with Gasteiger partial charge in [-0.1, -0.05) is 34.8 Å². The Balaban J connectivity index is 2.28. The van der Waals surface area contributed by atoms with Crippen molar-refractivity contribution in [3.8, 4) is 0 Å². The predicted molar refractivity (Wildman–Crippen MR) is 75.9 cm³/mol. The van der Waals surface area contributed by atoms with Crippen LogP contribution < -0.4 is 0 Å². The van der Waals surface area contributed by atoms with Crippen molar-refractivity contribution in [2.45, 2.75) is 19.4 Å². The lowest BCUT2D eigenvalue weighted by Crippen LogP contribution is -2.06. The van der Waals surface area contributed by atoms with E-state index in [1.165, 1.54) is 6.20 Å². The van der Waals surface area contributed by atoms with Gasteiger partial charge in [-0.25, -0.2) is 0 Å². The van der Waals surface area contributed by atoms with E-state index in [1.807, 2.05) is 6.92 Å². The number of pyridine rings is 1. The fourth-order valence-electron chi connectivity index (χ4n) is 1.87. The predicted octanol–water partition coefficient (Wildman–Crippen LogP) is 3.36. The molecule has 0 aliphatic rings. The average Bonchev–Trinajstić information content (AvgIpc) is 2.56. The SMILES string of the molecule is Cc1nn(C)c(Cl)c1CC(O)c1ncc(Cl)cc1Cl. The molecule has 1 unspecified atom stereocenters. The Kier molecular flexibility index (Phi) is 4.36. The van der Waals surface area contributed by atoms with Crippen molar-refractivity contribution in [3.05, 3.63) is 44.4 Å². The molecule has 4 nitrogen and oxygen atoms in total. The first-order valence-corrected chi connectivity index (χ1v) is 6.70. The van der Waals surface area contributed by atoms with Gasteiger partial charge in [-0.3, -0.25) is 9.67 Å². The van der Waals surface area contributed by atoms with Gasteiger partial charge in [-0.05, 0) is 13.0 Å². The Bertz CT molecular complexity index is 613. The van der Waals surface area contributed by atoms with Gasteiger partial charge in [0.2, 0.25) is 0 Å². The number of nitrogens with zero attached hydrogens (tertiary/aromatic N) is 3. The lowest BCUT2D eigenvalue weighted by Gasteiger charge is -2.11. The number of aliphatic hydroxyl groups is 1. The van der Waals surface area contributed by atoms with Crippen molar-refractivity contribution in [2.75, 3.05) is 0 Å². The van der Waals surface area contributed by atoms with Crippen LogP contribution in [-0.2, 0) is 13.5 Å². The molecular formula is C12H12Cl3N3O. The molecule has 2 aromatic rings. The molecule has 0 aliphatic carbocycles. The molecule has 0 fully saturated rings. The molecule has 102 valence electrons. The number of aliphatic hydroxyl groups excluding tert-OH is 1. The van der Waals surface area contributed by atoms with E-state index in [1.54, 1.807) is 17.8 Å². The molecule has 1 N–H and O–H groups in total. The summed E-state index contributed by atoms with van der Waals surface area (Å²) in [5, 5.41) is 15.7. The zero-order valence-electron chi connectivity index (χ0n) is 10.4. The molecule has 0 amide bonds. The Morgan fingerprint density at radius 1 is 1.37 bits per heavy atom. The molecule has 19 heavy (non-hydrogen) atoms. The minimum atomic E-state index is -0.856. The van der Waals surface area contributed by atoms with Crippen LogP contribution in [0, 0.1) is 6.92 Å². The van der Waals surface area contributed by atoms with E-state index >= 15 is 0 Å². The molecule has 0 saturated heterocycles. The summed E-state index contributed by atoms with van der Waals surface area (Å²) in [5.41, 5.74) is 1.94. The third-order valence-electron chi connectivity index (χ3n) is 2.82. The lowest BCUT2D eigenvalue weighted by atomic mass is 10.1. The molecule has 1 atom stereocenters. The largest absolute Gasteiger partial charge is 0.386 e. The summed E-state index contributed by atoms with van der Waals surface area (Å²) in [7, 11) is 1.75. The minimum Gasteiger partial charge on any atom is -0.386 e. The van der Waals surface area contributed by atoms with E-state index in [-0.39, 0.29) is 0 Å². The average molecular weight is 321 g/mol. The van der Waals surface area contributed by atoms with E-state index in [4.69, 9.17) is 34.8 Å². The molecule has 7 heteroatoms. The van der Waals surface area contributed by atoms with Crippen molar-refractivity contribution in [1.29, 1.82) is 0 Å². The Morgan fingerprint density at radius 3 is 2.58 bits per heavy atom. The maximum absolute atomic E-state index is 10.2. The highest BCUT2D eigenvalue weighted by Gasteiger charge is 2.19. The maximum atomic E-state index is 10.2. The van der Waals surface area contributed by atoms with Crippen LogP contribution >= 0.6 is 34.8 Å². The number of halogens is 3. The molecule has 2 heterocycles. The van der Waals surface area contributed by atoms with E-state index in [0.717, 1.165) is 11.3 Å². The second-order valence-electron chi connectivity index (χ2n) is 4.22. The van der Waals surface area contributed by atoms with Crippen LogP contribution in [0.15, 0.2) is 12.3 Å². The van der Waals surface area contributed by atoms with Gasteiger partial charge in [-0.2, -0.15) is 5.10 Å². The van der Waals surface area contributed by atoms with Gasteiger partial charge in [-0.15, -0.1) is 0 Å². The Morgan fingerprint density at radius 2 is 2.05 bits per heavy atom. The molecule has 2 aromatic heterocycles. The van der Waals surface area contributed by atoms with E-state index in [0.29, 0.717) is 27.3 Å². The first-order chi connectivity index (χ1) is 8.90. The Labute approximate surface area is 125 Å². The highest BCUT2D eigenvalue weighted by Crippen LogP contribution is 2.29. The van der Waals surface area contributed by atoms with Crippen LogP contribution in [0.2, 0.25) is 15.2 Å². The zero-order chi connectivity index (χ0) is 14.2. The van der Waals surface area contributed by atoms with E-state index < -0.39 is 6.10 Å². The monoisotopic (exact) mass is 319 g/mol. The lowest BCUT2D eigenvalue weighted by molar-refractivity contribution is 0.173. The van der Waals surface area contributed by atoms with Crippen molar-refractivity contribution < 1.29 is 5.11 Å². The zero-order valence-corrected chi connectivity index (χ0v) is 12.6. The molecular weight excluding hydrogens is 309 g/mol. The Hall–Kier alpha value is -0.810. The highest BCUT2D eigenvalue weighted by atomic mass is 35.5. The van der Waals surface area contributed by atoms with Crippen LogP contribution in [0.25, 0.3) is 0 Å². The fraction of sp³-hybridized carbons (Fsp3) is 0.333. The minimum absolute atomic E-state index is 0.298. The van der Waals surface area contributed by atoms with E-state index in [9.17, 15) is 5.11 Å². The maximum Gasteiger partial charge on any atom is 0.130 e. The molecule has 0 bridgehead atoms. The quantitative estimate of drug-likeness (QED) is 0.943. The van der Waals surface area contributed by atoms with Crippen LogP contribution in [0.3, 0.4) is 0 Å². The normalized spacial score (nSPS) is 12.7. The first kappa shape index (κ1) is 14.6. The third kappa shape index (κ3) is 3.03. The van der Waals surface area contributed by atoms with Crippen LogP contribution in [0.4, 0.5) is 0 Å². The van der Waals surface area contributed by atoms with Gasteiger partial charge in [0.1, 0.15) is 11.3 Å². The summed E-state index contributed by atoms with van der Waals surface area (Å²) in [6.07, 6.45) is 0.890. The summed E-state index contributed by atoms with van der Waals surface area (Å²) in [4.78, 5) is 4.06. The number of rotatable bonds is 3. The second kappa shape index (κ2) is 5.67. The van der Waals surface area contributed by atoms with Gasteiger partial charge in [0.15, 0.2) is 0 Å². The summed E-state index contributed by atoms with van der Waals surface area (Å²) in [6, 6.07) is 1.55. The van der Waals surface area contributed by atoms with E-state index in [2.05, 4.69) is 10.1 Å².